The SMILES string of the molecule is C=C(O[Si](C)(C)C)[C@@H]1[C@@H](C(=O)OC)[C@H]2CC[C@@H]1N2C(=O)OC(C)(C)C. The summed E-state index contributed by atoms with van der Waals surface area (Å²) in [4.78, 5) is 26.9. The van der Waals surface area contributed by atoms with Gasteiger partial charge in [0.25, 0.3) is 0 Å². The zero-order valence-corrected chi connectivity index (χ0v) is 17.4. The quantitative estimate of drug-likeness (QED) is 0.431. The van der Waals surface area contributed by atoms with E-state index >= 15 is 0 Å². The van der Waals surface area contributed by atoms with Crippen molar-refractivity contribution >= 4 is 20.4 Å². The Labute approximate surface area is 151 Å². The van der Waals surface area contributed by atoms with Crippen molar-refractivity contribution in [1.29, 1.82) is 0 Å². The third-order valence-electron chi connectivity index (χ3n) is 4.58. The Kier molecular flexibility index (Phi) is 5.28. The van der Waals surface area contributed by atoms with Crippen LogP contribution in [0.3, 0.4) is 0 Å². The Bertz CT molecular complexity index is 563. The number of methoxy groups -OCH3 is 1. The van der Waals surface area contributed by atoms with Crippen LogP contribution in [0.25, 0.3) is 0 Å². The molecule has 1 amide bonds. The summed E-state index contributed by atoms with van der Waals surface area (Å²) < 4.78 is 16.7. The molecule has 2 bridgehead atoms. The van der Waals surface area contributed by atoms with Crippen molar-refractivity contribution in [3.8, 4) is 0 Å². The first-order valence-electron chi connectivity index (χ1n) is 8.82. The molecule has 0 aromatic heterocycles. The Balaban J connectivity index is 2.31. The van der Waals surface area contributed by atoms with Gasteiger partial charge in [-0.1, -0.05) is 6.58 Å². The van der Waals surface area contributed by atoms with Crippen molar-refractivity contribution in [3.05, 3.63) is 12.3 Å². The highest BCUT2D eigenvalue weighted by Crippen LogP contribution is 2.50. The van der Waals surface area contributed by atoms with Crippen LogP contribution < -0.4 is 0 Å². The topological polar surface area (TPSA) is 65.1 Å². The van der Waals surface area contributed by atoms with Gasteiger partial charge in [0.05, 0.1) is 24.7 Å². The zero-order chi connectivity index (χ0) is 19.2. The first-order valence-corrected chi connectivity index (χ1v) is 12.2. The molecule has 2 aliphatic rings. The number of hydrogen-bond acceptors (Lipinski definition) is 5. The summed E-state index contributed by atoms with van der Waals surface area (Å²) in [5, 5.41) is 0. The van der Waals surface area contributed by atoms with Gasteiger partial charge in [0, 0.05) is 12.1 Å². The summed E-state index contributed by atoms with van der Waals surface area (Å²) in [5.74, 6) is -0.410. The third kappa shape index (κ3) is 4.19. The second-order valence-corrected chi connectivity index (χ2v) is 13.3. The summed E-state index contributed by atoms with van der Waals surface area (Å²) in [6.07, 6.45) is 1.20. The maximum atomic E-state index is 12.7. The zero-order valence-electron chi connectivity index (χ0n) is 16.4. The lowest BCUT2D eigenvalue weighted by atomic mass is 9.78. The molecule has 0 spiro atoms. The fraction of sp³-hybridized carbons (Fsp3) is 0.778. The third-order valence-corrected chi connectivity index (χ3v) is 5.45. The molecule has 0 aliphatic carbocycles. The van der Waals surface area contributed by atoms with E-state index in [1.807, 2.05) is 20.8 Å². The lowest BCUT2D eigenvalue weighted by molar-refractivity contribution is -0.147. The molecule has 0 aromatic carbocycles. The highest BCUT2D eigenvalue weighted by atomic mass is 28.4. The maximum Gasteiger partial charge on any atom is 0.410 e. The Morgan fingerprint density at radius 2 is 1.60 bits per heavy atom. The minimum absolute atomic E-state index is 0.132. The van der Waals surface area contributed by atoms with Crippen molar-refractivity contribution < 1.29 is 23.5 Å². The summed E-state index contributed by atoms with van der Waals surface area (Å²) in [7, 11) is -0.483. The van der Waals surface area contributed by atoms with Crippen LogP contribution in [0.15, 0.2) is 12.3 Å². The fourth-order valence-corrected chi connectivity index (χ4v) is 4.87. The van der Waals surface area contributed by atoms with Crippen molar-refractivity contribution in [2.75, 3.05) is 7.11 Å². The second kappa shape index (κ2) is 6.66. The first-order chi connectivity index (χ1) is 11.4. The largest absolute Gasteiger partial charge is 0.547 e. The van der Waals surface area contributed by atoms with Crippen LogP contribution in [0.1, 0.15) is 33.6 Å². The normalized spacial score (nSPS) is 28.7. The Morgan fingerprint density at radius 1 is 1.08 bits per heavy atom. The minimum Gasteiger partial charge on any atom is -0.547 e. The van der Waals surface area contributed by atoms with Crippen molar-refractivity contribution in [2.24, 2.45) is 11.8 Å². The number of rotatable bonds is 4. The van der Waals surface area contributed by atoms with Gasteiger partial charge >= 0.3 is 12.1 Å². The van der Waals surface area contributed by atoms with Crippen LogP contribution in [-0.2, 0) is 18.7 Å². The number of nitrogens with zero attached hydrogens (tertiary/aromatic N) is 1. The predicted octanol–water partition coefficient (Wildman–Crippen LogP) is 3.54. The van der Waals surface area contributed by atoms with Crippen LogP contribution in [0.5, 0.6) is 0 Å². The Morgan fingerprint density at radius 3 is 2.04 bits per heavy atom. The van der Waals surface area contributed by atoms with Gasteiger partial charge in [-0.05, 0) is 53.3 Å². The summed E-state index contributed by atoms with van der Waals surface area (Å²) in [6.45, 7) is 15.8. The van der Waals surface area contributed by atoms with E-state index in [1.165, 1.54) is 7.11 Å². The van der Waals surface area contributed by atoms with E-state index in [1.54, 1.807) is 4.90 Å². The highest BCUT2D eigenvalue weighted by molar-refractivity contribution is 6.70. The van der Waals surface area contributed by atoms with E-state index in [-0.39, 0.29) is 30.1 Å². The van der Waals surface area contributed by atoms with E-state index in [2.05, 4.69) is 26.2 Å². The molecule has 0 radical (unpaired) electrons. The van der Waals surface area contributed by atoms with Gasteiger partial charge in [-0.25, -0.2) is 4.79 Å². The number of ether oxygens (including phenoxy) is 2. The van der Waals surface area contributed by atoms with Crippen LogP contribution >= 0.6 is 0 Å². The van der Waals surface area contributed by atoms with E-state index in [4.69, 9.17) is 13.9 Å². The fourth-order valence-electron chi connectivity index (χ4n) is 3.95. The van der Waals surface area contributed by atoms with Gasteiger partial charge in [0.1, 0.15) is 5.60 Å². The van der Waals surface area contributed by atoms with Crippen LogP contribution in [0, 0.1) is 11.8 Å². The summed E-state index contributed by atoms with van der Waals surface area (Å²) in [5.41, 5.74) is -0.582. The van der Waals surface area contributed by atoms with Crippen molar-refractivity contribution in [2.45, 2.75) is 70.9 Å². The summed E-state index contributed by atoms with van der Waals surface area (Å²) >= 11 is 0. The molecular formula is C18H31NO5Si. The molecule has 0 saturated carbocycles. The average molecular weight is 370 g/mol. The molecule has 7 heteroatoms. The molecule has 2 aliphatic heterocycles. The second-order valence-electron chi connectivity index (χ2n) is 8.86. The standard InChI is InChI=1S/C18H31NO5Si/c1-11(24-25(6,7)8)14-12-9-10-13(15(14)16(20)22-5)19(12)17(21)23-18(2,3)4/h12-15H,1,9-10H2,2-8H3/t12-,13+,14-,15-/m0/s1. The molecular weight excluding hydrogens is 338 g/mol. The number of amides is 1. The van der Waals surface area contributed by atoms with Crippen molar-refractivity contribution in [3.63, 3.8) is 0 Å². The van der Waals surface area contributed by atoms with Crippen LogP contribution in [-0.4, -0.2) is 50.1 Å². The summed E-state index contributed by atoms with van der Waals surface area (Å²) in [6, 6.07) is -0.355. The lowest BCUT2D eigenvalue weighted by Crippen LogP contribution is -2.41. The molecule has 2 rings (SSSR count). The molecule has 25 heavy (non-hydrogen) atoms. The molecule has 0 unspecified atom stereocenters. The van der Waals surface area contributed by atoms with E-state index in [0.717, 1.165) is 12.8 Å². The van der Waals surface area contributed by atoms with Crippen molar-refractivity contribution in [1.82, 2.24) is 4.90 Å². The molecule has 0 N–H and O–H groups in total. The number of carbonyl (C=O) groups excluding carboxylic acids is 2. The number of carbonyl (C=O) groups is 2. The van der Waals surface area contributed by atoms with Gasteiger partial charge in [-0.3, -0.25) is 4.79 Å². The monoisotopic (exact) mass is 369 g/mol. The maximum absolute atomic E-state index is 12.7. The number of hydrogen-bond donors (Lipinski definition) is 0. The van der Waals surface area contributed by atoms with E-state index in [0.29, 0.717) is 5.76 Å². The van der Waals surface area contributed by atoms with Gasteiger partial charge in [0.15, 0.2) is 0 Å². The predicted molar refractivity (Wildman–Crippen MR) is 97.5 cm³/mol. The molecule has 2 heterocycles. The molecule has 0 aromatic rings. The van der Waals surface area contributed by atoms with E-state index in [9.17, 15) is 9.59 Å². The molecule has 142 valence electrons. The lowest BCUT2D eigenvalue weighted by Gasteiger charge is -2.32. The molecule has 4 atom stereocenters. The minimum atomic E-state index is -1.86. The van der Waals surface area contributed by atoms with Crippen LogP contribution in [0.2, 0.25) is 19.6 Å². The number of esters is 1. The molecule has 2 saturated heterocycles. The highest BCUT2D eigenvalue weighted by Gasteiger charge is 2.60. The molecule has 6 nitrogen and oxygen atoms in total. The van der Waals surface area contributed by atoms with Gasteiger partial charge in [-0.15, -0.1) is 0 Å². The van der Waals surface area contributed by atoms with Gasteiger partial charge in [-0.2, -0.15) is 0 Å². The van der Waals surface area contributed by atoms with Gasteiger partial charge < -0.3 is 18.8 Å². The van der Waals surface area contributed by atoms with E-state index < -0.39 is 19.8 Å². The molecule has 2 fully saturated rings. The Hall–Kier alpha value is -1.50. The van der Waals surface area contributed by atoms with Crippen LogP contribution in [0.4, 0.5) is 4.79 Å². The number of fused-ring (bicyclic) bond motifs is 2. The van der Waals surface area contributed by atoms with Gasteiger partial charge in [0.2, 0.25) is 8.32 Å². The first kappa shape index (κ1) is 19.8. The average Bonchev–Trinajstić information content (AvgIpc) is 2.98. The smallest absolute Gasteiger partial charge is 0.410 e.